The predicted molar refractivity (Wildman–Crippen MR) is 112 cm³/mol. The molecular weight excluding hydrogens is 392 g/mol. The van der Waals surface area contributed by atoms with Gasteiger partial charge in [0.2, 0.25) is 10.0 Å². The van der Waals surface area contributed by atoms with E-state index in [0.717, 1.165) is 12.0 Å². The molecule has 29 heavy (non-hydrogen) atoms. The van der Waals surface area contributed by atoms with Gasteiger partial charge in [0.15, 0.2) is 11.5 Å². The third kappa shape index (κ3) is 6.76. The highest BCUT2D eigenvalue weighted by Crippen LogP contribution is 2.28. The van der Waals surface area contributed by atoms with Crippen LogP contribution in [0, 0.1) is 6.92 Å². The first-order valence-electron chi connectivity index (χ1n) is 9.61. The van der Waals surface area contributed by atoms with Crippen LogP contribution in [0.5, 0.6) is 11.5 Å². The Bertz CT molecular complexity index is 911. The van der Waals surface area contributed by atoms with Crippen molar-refractivity contribution >= 4 is 15.9 Å². The molecule has 0 heterocycles. The van der Waals surface area contributed by atoms with Gasteiger partial charge in [0.05, 0.1) is 18.1 Å². The molecule has 0 aromatic heterocycles. The monoisotopic (exact) mass is 420 g/mol. The molecule has 0 unspecified atom stereocenters. The van der Waals surface area contributed by atoms with Gasteiger partial charge in [-0.05, 0) is 50.6 Å². The molecular formula is C21H28N2O5S. The van der Waals surface area contributed by atoms with Crippen molar-refractivity contribution in [3.63, 3.8) is 0 Å². The molecule has 0 aliphatic heterocycles. The Labute approximate surface area is 172 Å². The number of benzene rings is 2. The molecule has 2 N–H and O–H groups in total. The maximum absolute atomic E-state index is 12.4. The molecule has 0 aliphatic rings. The van der Waals surface area contributed by atoms with Gasteiger partial charge in [0.25, 0.3) is 5.91 Å². The minimum atomic E-state index is -3.61. The molecule has 2 rings (SSSR count). The molecule has 1 amide bonds. The van der Waals surface area contributed by atoms with Crippen LogP contribution in [0.25, 0.3) is 0 Å². The predicted octanol–water partition coefficient (Wildman–Crippen LogP) is 2.89. The topological polar surface area (TPSA) is 93.7 Å². The second kappa shape index (κ2) is 10.8. The third-order valence-corrected chi connectivity index (χ3v) is 5.48. The smallest absolute Gasteiger partial charge is 0.251 e. The summed E-state index contributed by atoms with van der Waals surface area (Å²) >= 11 is 0. The zero-order chi connectivity index (χ0) is 21.3. The Balaban J connectivity index is 1.91. The van der Waals surface area contributed by atoms with Crippen molar-refractivity contribution in [1.82, 2.24) is 10.0 Å². The van der Waals surface area contributed by atoms with Crippen molar-refractivity contribution in [2.24, 2.45) is 0 Å². The van der Waals surface area contributed by atoms with Gasteiger partial charge in [-0.25, -0.2) is 13.1 Å². The summed E-state index contributed by atoms with van der Waals surface area (Å²) in [5.74, 6) is 0.785. The Kier molecular flexibility index (Phi) is 8.48. The van der Waals surface area contributed by atoms with E-state index in [4.69, 9.17) is 9.47 Å². The average Bonchev–Trinajstić information content (AvgIpc) is 2.70. The van der Waals surface area contributed by atoms with Crippen LogP contribution in [0.2, 0.25) is 0 Å². The lowest BCUT2D eigenvalue weighted by Crippen LogP contribution is -2.34. The van der Waals surface area contributed by atoms with Crippen molar-refractivity contribution < 1.29 is 22.7 Å². The SMILES string of the molecule is CCCOc1ccc(C(=O)NCCNS(=O)(=O)c2ccc(C)cc2)cc1OCC. The number of carbonyl (C=O) groups excluding carboxylic acids is 1. The summed E-state index contributed by atoms with van der Waals surface area (Å²) in [7, 11) is -3.61. The lowest BCUT2D eigenvalue weighted by atomic mass is 10.2. The Morgan fingerprint density at radius 3 is 2.34 bits per heavy atom. The Morgan fingerprint density at radius 1 is 0.966 bits per heavy atom. The van der Waals surface area contributed by atoms with Crippen molar-refractivity contribution in [3.05, 3.63) is 53.6 Å². The minimum absolute atomic E-state index is 0.0813. The zero-order valence-corrected chi connectivity index (χ0v) is 17.8. The van der Waals surface area contributed by atoms with E-state index in [1.165, 1.54) is 0 Å². The number of sulfonamides is 1. The maximum atomic E-state index is 12.4. The standard InChI is InChI=1S/C21H28N2O5S/c1-4-14-28-19-11-8-17(15-20(19)27-5-2)21(24)22-12-13-23-29(25,26)18-9-6-16(3)7-10-18/h6-11,15,23H,4-5,12-14H2,1-3H3,(H,22,24). The van der Waals surface area contributed by atoms with E-state index in [9.17, 15) is 13.2 Å². The molecule has 0 atom stereocenters. The van der Waals surface area contributed by atoms with Crippen LogP contribution in [-0.2, 0) is 10.0 Å². The first-order chi connectivity index (χ1) is 13.9. The maximum Gasteiger partial charge on any atom is 0.251 e. The summed E-state index contributed by atoms with van der Waals surface area (Å²) < 4.78 is 38.1. The molecule has 7 nitrogen and oxygen atoms in total. The molecule has 0 saturated heterocycles. The first kappa shape index (κ1) is 22.7. The molecule has 8 heteroatoms. The number of aryl methyl sites for hydroxylation is 1. The number of rotatable bonds is 11. The fourth-order valence-electron chi connectivity index (χ4n) is 2.51. The normalized spacial score (nSPS) is 11.1. The molecule has 0 saturated carbocycles. The number of ether oxygens (including phenoxy) is 2. The van der Waals surface area contributed by atoms with Gasteiger partial charge in [0.1, 0.15) is 0 Å². The molecule has 0 aliphatic carbocycles. The summed E-state index contributed by atoms with van der Waals surface area (Å²) in [5, 5.41) is 2.70. The van der Waals surface area contributed by atoms with E-state index in [1.807, 2.05) is 20.8 Å². The second-order valence-corrected chi connectivity index (χ2v) is 8.18. The van der Waals surface area contributed by atoms with Crippen molar-refractivity contribution in [3.8, 4) is 11.5 Å². The molecule has 0 radical (unpaired) electrons. The van der Waals surface area contributed by atoms with Crippen LogP contribution in [-0.4, -0.2) is 40.6 Å². The molecule has 158 valence electrons. The van der Waals surface area contributed by atoms with E-state index in [0.29, 0.717) is 30.3 Å². The van der Waals surface area contributed by atoms with E-state index < -0.39 is 10.0 Å². The van der Waals surface area contributed by atoms with E-state index >= 15 is 0 Å². The van der Waals surface area contributed by atoms with E-state index in [2.05, 4.69) is 10.0 Å². The van der Waals surface area contributed by atoms with Crippen molar-refractivity contribution in [2.75, 3.05) is 26.3 Å². The van der Waals surface area contributed by atoms with Crippen molar-refractivity contribution in [2.45, 2.75) is 32.1 Å². The number of carbonyl (C=O) groups is 1. The largest absolute Gasteiger partial charge is 0.490 e. The zero-order valence-electron chi connectivity index (χ0n) is 17.0. The minimum Gasteiger partial charge on any atom is -0.490 e. The van der Waals surface area contributed by atoms with Crippen LogP contribution in [0.15, 0.2) is 47.4 Å². The number of hydrogen-bond donors (Lipinski definition) is 2. The molecule has 2 aromatic rings. The highest BCUT2D eigenvalue weighted by atomic mass is 32.2. The number of nitrogens with one attached hydrogen (secondary N) is 2. The Hall–Kier alpha value is -2.58. The summed E-state index contributed by atoms with van der Waals surface area (Å²) in [5.41, 5.74) is 1.40. The average molecular weight is 421 g/mol. The van der Waals surface area contributed by atoms with E-state index in [1.54, 1.807) is 42.5 Å². The highest BCUT2D eigenvalue weighted by Gasteiger charge is 2.14. The van der Waals surface area contributed by atoms with Crippen LogP contribution in [0.3, 0.4) is 0 Å². The van der Waals surface area contributed by atoms with Gasteiger partial charge < -0.3 is 14.8 Å². The van der Waals surface area contributed by atoms with E-state index in [-0.39, 0.29) is 23.9 Å². The van der Waals surface area contributed by atoms with Crippen LogP contribution in [0.4, 0.5) is 0 Å². The molecule has 0 spiro atoms. The van der Waals surface area contributed by atoms with Gasteiger partial charge in [-0.2, -0.15) is 0 Å². The first-order valence-corrected chi connectivity index (χ1v) is 11.1. The number of amides is 1. The van der Waals surface area contributed by atoms with Gasteiger partial charge >= 0.3 is 0 Å². The van der Waals surface area contributed by atoms with Gasteiger partial charge in [-0.3, -0.25) is 4.79 Å². The summed E-state index contributed by atoms with van der Waals surface area (Å²) in [6.07, 6.45) is 0.867. The van der Waals surface area contributed by atoms with Crippen LogP contribution in [0.1, 0.15) is 36.2 Å². The molecule has 0 fully saturated rings. The van der Waals surface area contributed by atoms with Gasteiger partial charge in [-0.15, -0.1) is 0 Å². The highest BCUT2D eigenvalue weighted by molar-refractivity contribution is 7.89. The Morgan fingerprint density at radius 2 is 1.69 bits per heavy atom. The quantitative estimate of drug-likeness (QED) is 0.545. The van der Waals surface area contributed by atoms with Gasteiger partial charge in [-0.1, -0.05) is 24.6 Å². The fraction of sp³-hybridized carbons (Fsp3) is 0.381. The number of hydrogen-bond acceptors (Lipinski definition) is 5. The molecule has 2 aromatic carbocycles. The fourth-order valence-corrected chi connectivity index (χ4v) is 3.54. The lowest BCUT2D eigenvalue weighted by molar-refractivity contribution is 0.0953. The lowest BCUT2D eigenvalue weighted by Gasteiger charge is -2.13. The summed E-state index contributed by atoms with van der Waals surface area (Å²) in [6, 6.07) is 11.6. The second-order valence-electron chi connectivity index (χ2n) is 6.41. The van der Waals surface area contributed by atoms with Crippen LogP contribution >= 0.6 is 0 Å². The van der Waals surface area contributed by atoms with Crippen molar-refractivity contribution in [1.29, 1.82) is 0 Å². The third-order valence-electron chi connectivity index (χ3n) is 4.00. The summed E-state index contributed by atoms with van der Waals surface area (Å²) in [6.45, 7) is 7.01. The van der Waals surface area contributed by atoms with Crippen LogP contribution < -0.4 is 19.5 Å². The van der Waals surface area contributed by atoms with Gasteiger partial charge in [0, 0.05) is 18.7 Å². The summed E-state index contributed by atoms with van der Waals surface area (Å²) in [4.78, 5) is 12.6. The molecule has 0 bridgehead atoms.